The van der Waals surface area contributed by atoms with E-state index in [-0.39, 0.29) is 5.91 Å². The van der Waals surface area contributed by atoms with E-state index >= 15 is 0 Å². The number of nitrogens with zero attached hydrogens (tertiary/aromatic N) is 2. The van der Waals surface area contributed by atoms with Gasteiger partial charge in [0.25, 0.3) is 5.91 Å². The Labute approximate surface area is 137 Å². The zero-order valence-electron chi connectivity index (χ0n) is 11.7. The van der Waals surface area contributed by atoms with Crippen molar-refractivity contribution in [3.05, 3.63) is 46.5 Å². The van der Waals surface area contributed by atoms with Gasteiger partial charge in [0.1, 0.15) is 10.1 Å². The molecule has 0 saturated carbocycles. The number of anilines is 1. The van der Waals surface area contributed by atoms with Gasteiger partial charge in [-0.05, 0) is 24.6 Å². The first kappa shape index (κ1) is 14.7. The van der Waals surface area contributed by atoms with Crippen LogP contribution in [0, 0.1) is 6.92 Å². The van der Waals surface area contributed by atoms with Gasteiger partial charge in [0.05, 0.1) is 4.91 Å². The molecule has 110 valence electrons. The van der Waals surface area contributed by atoms with E-state index in [1.54, 1.807) is 12.3 Å². The number of hydrogen-bond acceptors (Lipinski definition) is 6. The van der Waals surface area contributed by atoms with Gasteiger partial charge < -0.3 is 11.1 Å². The van der Waals surface area contributed by atoms with Crippen molar-refractivity contribution in [3.63, 3.8) is 0 Å². The number of rotatable bonds is 2. The molecule has 1 aliphatic heterocycles. The molecular weight excluding hydrogens is 316 g/mol. The van der Waals surface area contributed by atoms with Crippen LogP contribution in [0.15, 0.2) is 35.4 Å². The Bertz CT molecular complexity index is 817. The van der Waals surface area contributed by atoms with Crippen molar-refractivity contribution in [3.8, 4) is 11.4 Å². The van der Waals surface area contributed by atoms with Crippen LogP contribution in [0.3, 0.4) is 0 Å². The maximum atomic E-state index is 11.7. The van der Waals surface area contributed by atoms with Crippen LogP contribution in [0.4, 0.5) is 5.82 Å². The molecule has 2 heterocycles. The monoisotopic (exact) mass is 328 g/mol. The molecular formula is C15H12N4OS2. The molecule has 1 aromatic carbocycles. The van der Waals surface area contributed by atoms with Crippen molar-refractivity contribution < 1.29 is 4.79 Å². The third-order valence-electron chi connectivity index (χ3n) is 3.10. The number of nitrogen functional groups attached to an aromatic ring is 1. The molecule has 0 atom stereocenters. The van der Waals surface area contributed by atoms with Crippen LogP contribution in [0.25, 0.3) is 17.5 Å². The van der Waals surface area contributed by atoms with Gasteiger partial charge in [0.2, 0.25) is 0 Å². The number of thioether (sulfide) groups is 1. The van der Waals surface area contributed by atoms with E-state index < -0.39 is 0 Å². The molecule has 2 aromatic rings. The predicted molar refractivity (Wildman–Crippen MR) is 92.9 cm³/mol. The Hall–Kier alpha value is -2.25. The molecule has 1 aromatic heterocycles. The highest BCUT2D eigenvalue weighted by molar-refractivity contribution is 8.26. The summed E-state index contributed by atoms with van der Waals surface area (Å²) in [4.78, 5) is 20.8. The summed E-state index contributed by atoms with van der Waals surface area (Å²) in [5.41, 5.74) is 8.39. The SMILES string of the molecule is Cc1cnc(-c2cccc(/C=C3\SC(=S)NC3=O)c2)nc1N. The van der Waals surface area contributed by atoms with Gasteiger partial charge >= 0.3 is 0 Å². The number of carbonyl (C=O) groups excluding carboxylic acids is 1. The molecule has 1 amide bonds. The molecule has 0 bridgehead atoms. The summed E-state index contributed by atoms with van der Waals surface area (Å²) in [6.45, 7) is 1.86. The number of aromatic nitrogens is 2. The third kappa shape index (κ3) is 3.00. The molecule has 3 rings (SSSR count). The van der Waals surface area contributed by atoms with Crippen LogP contribution in [0.1, 0.15) is 11.1 Å². The Kier molecular flexibility index (Phi) is 3.91. The lowest BCUT2D eigenvalue weighted by Gasteiger charge is -2.04. The maximum Gasteiger partial charge on any atom is 0.263 e. The molecule has 1 aliphatic rings. The van der Waals surface area contributed by atoms with Crippen molar-refractivity contribution in [2.45, 2.75) is 6.92 Å². The van der Waals surface area contributed by atoms with E-state index in [0.29, 0.717) is 20.9 Å². The van der Waals surface area contributed by atoms with Crippen molar-refractivity contribution in [2.75, 3.05) is 5.73 Å². The summed E-state index contributed by atoms with van der Waals surface area (Å²) in [5, 5.41) is 2.59. The Morgan fingerprint density at radius 1 is 1.41 bits per heavy atom. The summed E-state index contributed by atoms with van der Waals surface area (Å²) < 4.78 is 0.474. The van der Waals surface area contributed by atoms with Gasteiger partial charge in [-0.25, -0.2) is 9.97 Å². The minimum Gasteiger partial charge on any atom is -0.383 e. The van der Waals surface area contributed by atoms with Crippen molar-refractivity contribution in [1.82, 2.24) is 15.3 Å². The number of thiocarbonyl (C=S) groups is 1. The quantitative estimate of drug-likeness (QED) is 0.651. The Balaban J connectivity index is 1.96. The summed E-state index contributed by atoms with van der Waals surface area (Å²) in [5.74, 6) is 0.850. The van der Waals surface area contributed by atoms with Gasteiger partial charge in [-0.1, -0.05) is 42.2 Å². The van der Waals surface area contributed by atoms with Crippen molar-refractivity contribution in [2.24, 2.45) is 0 Å². The van der Waals surface area contributed by atoms with Crippen LogP contribution < -0.4 is 11.1 Å². The number of aryl methyl sites for hydroxylation is 1. The molecule has 7 heteroatoms. The fourth-order valence-electron chi connectivity index (χ4n) is 1.93. The molecule has 0 spiro atoms. The topological polar surface area (TPSA) is 80.9 Å². The summed E-state index contributed by atoms with van der Waals surface area (Å²) in [6.07, 6.45) is 3.49. The van der Waals surface area contributed by atoms with Crippen LogP contribution >= 0.6 is 24.0 Å². The minimum atomic E-state index is -0.170. The number of nitrogens with two attached hydrogens (primary N) is 1. The molecule has 0 aliphatic carbocycles. The highest BCUT2D eigenvalue weighted by Crippen LogP contribution is 2.27. The molecule has 5 nitrogen and oxygen atoms in total. The van der Waals surface area contributed by atoms with Gasteiger partial charge in [0, 0.05) is 17.3 Å². The molecule has 3 N–H and O–H groups in total. The lowest BCUT2D eigenvalue weighted by molar-refractivity contribution is -0.115. The smallest absolute Gasteiger partial charge is 0.263 e. The summed E-state index contributed by atoms with van der Waals surface area (Å²) >= 11 is 6.23. The predicted octanol–water partition coefficient (Wildman–Crippen LogP) is 2.52. The second kappa shape index (κ2) is 5.86. The Morgan fingerprint density at radius 2 is 2.23 bits per heavy atom. The van der Waals surface area contributed by atoms with Crippen molar-refractivity contribution in [1.29, 1.82) is 0 Å². The average molecular weight is 328 g/mol. The second-order valence-electron chi connectivity index (χ2n) is 4.74. The average Bonchev–Trinajstić information content (AvgIpc) is 2.80. The normalized spacial score (nSPS) is 16.1. The Morgan fingerprint density at radius 3 is 2.91 bits per heavy atom. The number of carbonyl (C=O) groups is 1. The van der Waals surface area contributed by atoms with Crippen LogP contribution in [0.5, 0.6) is 0 Å². The fourth-order valence-corrected chi connectivity index (χ4v) is 2.98. The van der Waals surface area contributed by atoms with E-state index in [0.717, 1.165) is 16.7 Å². The van der Waals surface area contributed by atoms with Gasteiger partial charge in [-0.15, -0.1) is 0 Å². The standard InChI is InChI=1S/C15H12N4OS2/c1-8-7-17-13(18-12(8)16)10-4-2-3-9(5-10)6-11-14(20)19-15(21)22-11/h2-7H,1H3,(H2,16,17,18)(H,19,20,21)/b11-6-. The first-order valence-corrected chi connectivity index (χ1v) is 7.70. The number of hydrogen-bond donors (Lipinski definition) is 2. The van der Waals surface area contributed by atoms with E-state index in [2.05, 4.69) is 15.3 Å². The van der Waals surface area contributed by atoms with Crippen LogP contribution in [0.2, 0.25) is 0 Å². The first-order chi connectivity index (χ1) is 10.5. The highest BCUT2D eigenvalue weighted by Gasteiger charge is 2.21. The van der Waals surface area contributed by atoms with Gasteiger partial charge in [-0.3, -0.25) is 4.79 Å². The molecule has 1 fully saturated rings. The highest BCUT2D eigenvalue weighted by atomic mass is 32.2. The molecule has 0 unspecified atom stereocenters. The fraction of sp³-hybridized carbons (Fsp3) is 0.0667. The zero-order chi connectivity index (χ0) is 15.7. The van der Waals surface area contributed by atoms with Gasteiger partial charge in [0.15, 0.2) is 5.82 Å². The number of benzene rings is 1. The van der Waals surface area contributed by atoms with Crippen LogP contribution in [-0.4, -0.2) is 20.2 Å². The largest absolute Gasteiger partial charge is 0.383 e. The maximum absolute atomic E-state index is 11.7. The third-order valence-corrected chi connectivity index (χ3v) is 4.26. The lowest BCUT2D eigenvalue weighted by atomic mass is 10.1. The van der Waals surface area contributed by atoms with E-state index in [1.807, 2.05) is 31.2 Å². The van der Waals surface area contributed by atoms with Crippen LogP contribution in [-0.2, 0) is 4.79 Å². The minimum absolute atomic E-state index is 0.170. The lowest BCUT2D eigenvalue weighted by Crippen LogP contribution is -2.17. The summed E-state index contributed by atoms with van der Waals surface area (Å²) in [6, 6.07) is 7.60. The second-order valence-corrected chi connectivity index (χ2v) is 6.46. The number of nitrogens with one attached hydrogen (secondary N) is 1. The van der Waals surface area contributed by atoms with E-state index in [4.69, 9.17) is 18.0 Å². The molecule has 0 radical (unpaired) electrons. The van der Waals surface area contributed by atoms with E-state index in [9.17, 15) is 4.79 Å². The van der Waals surface area contributed by atoms with E-state index in [1.165, 1.54) is 11.8 Å². The zero-order valence-corrected chi connectivity index (χ0v) is 13.3. The molecule has 1 saturated heterocycles. The van der Waals surface area contributed by atoms with Gasteiger partial charge in [-0.2, -0.15) is 0 Å². The molecule has 22 heavy (non-hydrogen) atoms. The first-order valence-electron chi connectivity index (χ1n) is 6.47. The number of amides is 1. The summed E-state index contributed by atoms with van der Waals surface area (Å²) in [7, 11) is 0. The van der Waals surface area contributed by atoms with Crippen molar-refractivity contribution >= 4 is 46.1 Å².